The smallest absolute Gasteiger partial charge is 0.128 e. The number of hydrogen-bond acceptors (Lipinski definition) is 3. The van der Waals surface area contributed by atoms with Gasteiger partial charge >= 0.3 is 0 Å². The van der Waals surface area contributed by atoms with E-state index in [1.54, 1.807) is 7.11 Å². The number of nitrogens with zero attached hydrogens (tertiary/aromatic N) is 1. The van der Waals surface area contributed by atoms with Gasteiger partial charge in [-0.25, -0.2) is 0 Å². The number of hydrogen-bond donors (Lipinski definition) is 0. The highest BCUT2D eigenvalue weighted by molar-refractivity contribution is 5.72. The van der Waals surface area contributed by atoms with Crippen LogP contribution in [-0.2, 0) is 6.42 Å². The van der Waals surface area contributed by atoms with Crippen molar-refractivity contribution in [1.29, 1.82) is 0 Å². The number of anilines is 1. The molecule has 0 saturated heterocycles. The number of rotatable bonds is 3. The number of benzene rings is 4. The minimum absolute atomic E-state index is 0.237. The fourth-order valence-electron chi connectivity index (χ4n) is 6.56. The lowest BCUT2D eigenvalue weighted by Crippen LogP contribution is -2.45. The van der Waals surface area contributed by atoms with E-state index in [1.807, 2.05) is 0 Å². The Morgan fingerprint density at radius 3 is 2.32 bits per heavy atom. The van der Waals surface area contributed by atoms with Gasteiger partial charge in [0.1, 0.15) is 11.5 Å². The van der Waals surface area contributed by atoms with Crippen molar-refractivity contribution in [3.63, 3.8) is 0 Å². The van der Waals surface area contributed by atoms with Crippen LogP contribution in [0.15, 0.2) is 97.1 Å². The molecule has 4 atom stereocenters. The Morgan fingerprint density at radius 2 is 1.56 bits per heavy atom. The molecule has 0 fully saturated rings. The zero-order valence-electron chi connectivity index (χ0n) is 19.2. The van der Waals surface area contributed by atoms with E-state index < -0.39 is 0 Å². The van der Waals surface area contributed by atoms with Crippen molar-refractivity contribution < 1.29 is 9.47 Å². The van der Waals surface area contributed by atoms with Crippen LogP contribution in [0.5, 0.6) is 11.5 Å². The first-order valence-corrected chi connectivity index (χ1v) is 12.1. The molecular weight excluding hydrogens is 418 g/mol. The number of para-hydroxylation sites is 1. The van der Waals surface area contributed by atoms with E-state index >= 15 is 0 Å². The second-order valence-electron chi connectivity index (χ2n) is 9.60. The first kappa shape index (κ1) is 19.7. The van der Waals surface area contributed by atoms with Gasteiger partial charge in [0.2, 0.25) is 0 Å². The lowest BCUT2D eigenvalue weighted by atomic mass is 9.70. The van der Waals surface area contributed by atoms with Crippen molar-refractivity contribution in [3.05, 3.63) is 125 Å². The van der Waals surface area contributed by atoms with E-state index in [9.17, 15) is 0 Å². The minimum atomic E-state index is 0.237. The largest absolute Gasteiger partial charge is 0.497 e. The molecule has 0 bridgehead atoms. The van der Waals surface area contributed by atoms with Crippen LogP contribution in [0.3, 0.4) is 0 Å². The summed E-state index contributed by atoms with van der Waals surface area (Å²) in [6, 6.07) is 35.8. The molecule has 3 aliphatic rings. The zero-order chi connectivity index (χ0) is 22.6. The zero-order valence-corrected chi connectivity index (χ0v) is 19.2. The summed E-state index contributed by atoms with van der Waals surface area (Å²) >= 11 is 0. The Bertz CT molecular complexity index is 1350. The lowest BCUT2D eigenvalue weighted by molar-refractivity contribution is 0.165. The van der Waals surface area contributed by atoms with Crippen LogP contribution < -0.4 is 14.4 Å². The number of methoxy groups -OCH3 is 1. The molecule has 4 aromatic rings. The van der Waals surface area contributed by atoms with Gasteiger partial charge in [-0.1, -0.05) is 78.9 Å². The summed E-state index contributed by atoms with van der Waals surface area (Å²) in [6.45, 7) is 0.687. The van der Waals surface area contributed by atoms with Crippen molar-refractivity contribution in [2.75, 3.05) is 18.6 Å². The molecule has 0 N–H and O–H groups in total. The van der Waals surface area contributed by atoms with Crippen molar-refractivity contribution in [3.8, 4) is 11.5 Å². The maximum Gasteiger partial charge on any atom is 0.128 e. The molecule has 0 aliphatic carbocycles. The fourth-order valence-corrected chi connectivity index (χ4v) is 6.56. The molecule has 0 aromatic heterocycles. The van der Waals surface area contributed by atoms with Gasteiger partial charge in [0.05, 0.1) is 25.8 Å². The molecule has 34 heavy (non-hydrogen) atoms. The Balaban J connectivity index is 1.48. The average Bonchev–Trinajstić information content (AvgIpc) is 3.30. The van der Waals surface area contributed by atoms with Crippen molar-refractivity contribution >= 4 is 5.69 Å². The Hall–Kier alpha value is -3.72. The third-order valence-electron chi connectivity index (χ3n) is 7.94. The van der Waals surface area contributed by atoms with Crippen LogP contribution >= 0.6 is 0 Å². The second-order valence-corrected chi connectivity index (χ2v) is 9.60. The van der Waals surface area contributed by atoms with Gasteiger partial charge in [-0.3, -0.25) is 0 Å². The molecule has 3 aliphatic heterocycles. The molecule has 3 nitrogen and oxygen atoms in total. The quantitative estimate of drug-likeness (QED) is 0.350. The van der Waals surface area contributed by atoms with Gasteiger partial charge in [-0.15, -0.1) is 0 Å². The van der Waals surface area contributed by atoms with Crippen LogP contribution in [0, 0.1) is 5.92 Å². The molecule has 4 aromatic carbocycles. The summed E-state index contributed by atoms with van der Waals surface area (Å²) in [4.78, 5) is 2.72. The van der Waals surface area contributed by atoms with Crippen LogP contribution in [0.2, 0.25) is 0 Å². The van der Waals surface area contributed by atoms with Gasteiger partial charge in [0, 0.05) is 29.2 Å². The summed E-state index contributed by atoms with van der Waals surface area (Å²) in [6.07, 6.45) is 1.03. The number of ether oxygens (including phenoxy) is 2. The Morgan fingerprint density at radius 1 is 0.794 bits per heavy atom. The molecule has 168 valence electrons. The van der Waals surface area contributed by atoms with E-state index in [4.69, 9.17) is 9.47 Å². The van der Waals surface area contributed by atoms with Gasteiger partial charge in [-0.05, 0) is 40.8 Å². The molecule has 3 heteroatoms. The molecule has 3 heterocycles. The average molecular weight is 446 g/mol. The summed E-state index contributed by atoms with van der Waals surface area (Å²) in [7, 11) is 1.72. The van der Waals surface area contributed by atoms with E-state index in [0.29, 0.717) is 24.5 Å². The highest BCUT2D eigenvalue weighted by Crippen LogP contribution is 2.60. The minimum Gasteiger partial charge on any atom is -0.497 e. The van der Waals surface area contributed by atoms with Crippen molar-refractivity contribution in [2.24, 2.45) is 5.92 Å². The van der Waals surface area contributed by atoms with Gasteiger partial charge in [-0.2, -0.15) is 0 Å². The van der Waals surface area contributed by atoms with Crippen molar-refractivity contribution in [1.82, 2.24) is 0 Å². The van der Waals surface area contributed by atoms with Crippen LogP contribution in [0.25, 0.3) is 0 Å². The second kappa shape index (κ2) is 7.66. The first-order valence-electron chi connectivity index (χ1n) is 12.1. The van der Waals surface area contributed by atoms with Crippen LogP contribution in [-0.4, -0.2) is 13.7 Å². The highest BCUT2D eigenvalue weighted by Gasteiger charge is 2.51. The third kappa shape index (κ3) is 2.83. The highest BCUT2D eigenvalue weighted by atomic mass is 16.5. The predicted molar refractivity (Wildman–Crippen MR) is 135 cm³/mol. The standard InChI is InChI=1S/C31H27NO2/c1-33-23-15-16-24-28(18-23)34-19-26-29(21-11-6-3-7-12-21)25-14-8-13-22-17-27(20-9-4-2-5-10-20)32(30(22)25)31(24)26/h2-16,18,26-27,29,31H,17,19H2,1H3/t26?,27-,29?,31?/m0/s1. The SMILES string of the molecule is COc1ccc2c(c1)OCC1C(c3ccccc3)c3cccc4c3N(C21)[C@H](c1ccccc1)C4. The summed E-state index contributed by atoms with van der Waals surface area (Å²) in [5, 5.41) is 0. The van der Waals surface area contributed by atoms with E-state index in [2.05, 4.69) is 102 Å². The van der Waals surface area contributed by atoms with E-state index in [0.717, 1.165) is 17.9 Å². The van der Waals surface area contributed by atoms with E-state index in [1.165, 1.54) is 33.5 Å². The molecular formula is C31H27NO2. The lowest BCUT2D eigenvalue weighted by Gasteiger charge is -2.50. The first-order chi connectivity index (χ1) is 16.8. The fraction of sp³-hybridized carbons (Fsp3) is 0.226. The van der Waals surface area contributed by atoms with Crippen LogP contribution in [0.1, 0.15) is 45.8 Å². The Kier molecular flexibility index (Phi) is 4.45. The molecule has 0 amide bonds. The maximum absolute atomic E-state index is 6.45. The number of fused-ring (bicyclic) bond motifs is 4. The summed E-state index contributed by atoms with van der Waals surface area (Å²) in [5.74, 6) is 2.40. The Labute approximate surface area is 200 Å². The van der Waals surface area contributed by atoms with E-state index in [-0.39, 0.29) is 6.04 Å². The third-order valence-corrected chi connectivity index (χ3v) is 7.94. The molecule has 0 saturated carbocycles. The topological polar surface area (TPSA) is 21.7 Å². The normalized spacial score (nSPS) is 24.0. The molecule has 3 unspecified atom stereocenters. The summed E-state index contributed by atoms with van der Waals surface area (Å²) < 4.78 is 12.0. The summed E-state index contributed by atoms with van der Waals surface area (Å²) in [5.41, 5.74) is 8.32. The van der Waals surface area contributed by atoms with Gasteiger partial charge in [0.25, 0.3) is 0 Å². The predicted octanol–water partition coefficient (Wildman–Crippen LogP) is 6.69. The van der Waals surface area contributed by atoms with Crippen LogP contribution in [0.4, 0.5) is 5.69 Å². The monoisotopic (exact) mass is 445 g/mol. The van der Waals surface area contributed by atoms with Crippen molar-refractivity contribution in [2.45, 2.75) is 24.4 Å². The molecule has 7 rings (SSSR count). The molecule has 0 radical (unpaired) electrons. The van der Waals surface area contributed by atoms with Gasteiger partial charge in [0.15, 0.2) is 0 Å². The van der Waals surface area contributed by atoms with Gasteiger partial charge < -0.3 is 14.4 Å². The molecule has 0 spiro atoms. The maximum atomic E-state index is 6.45.